The number of hydrogen-bond donors (Lipinski definition) is 0. The highest BCUT2D eigenvalue weighted by Gasteiger charge is 2.20. The van der Waals surface area contributed by atoms with Crippen LogP contribution in [0.5, 0.6) is 0 Å². The Morgan fingerprint density at radius 1 is 1.23 bits per heavy atom. The highest BCUT2D eigenvalue weighted by molar-refractivity contribution is 5.71. The van der Waals surface area contributed by atoms with Gasteiger partial charge in [-0.05, 0) is 25.0 Å². The lowest BCUT2D eigenvalue weighted by molar-refractivity contribution is 0.755. The molecule has 110 valence electrons. The molecule has 0 amide bonds. The van der Waals surface area contributed by atoms with Crippen molar-refractivity contribution in [3.8, 4) is 5.69 Å². The van der Waals surface area contributed by atoms with Gasteiger partial charge >= 0.3 is 0 Å². The molecule has 3 aromatic rings. The van der Waals surface area contributed by atoms with E-state index in [2.05, 4.69) is 9.94 Å². The average molecular weight is 292 g/mol. The monoisotopic (exact) mass is 292 g/mol. The fourth-order valence-corrected chi connectivity index (χ4v) is 2.88. The summed E-state index contributed by atoms with van der Waals surface area (Å²) in [5.41, 5.74) is 3.23. The Bertz CT molecular complexity index is 943. The predicted octanol–water partition coefficient (Wildman–Crippen LogP) is 3.47. The van der Waals surface area contributed by atoms with E-state index in [1.807, 2.05) is 55.7 Å². The fraction of sp³-hybridized carbons (Fsp3) is 0.235. The molecular weight excluding hydrogens is 276 g/mol. The van der Waals surface area contributed by atoms with Crippen LogP contribution in [-0.2, 0) is 0 Å². The number of rotatable bonds is 2. The minimum atomic E-state index is -0.149. The molecule has 5 nitrogen and oxygen atoms in total. The van der Waals surface area contributed by atoms with Gasteiger partial charge in [-0.25, -0.2) is 4.85 Å². The van der Waals surface area contributed by atoms with Crippen LogP contribution in [0.4, 0.5) is 5.69 Å². The zero-order valence-electron chi connectivity index (χ0n) is 12.7. The lowest BCUT2D eigenvalue weighted by Crippen LogP contribution is -2.26. The lowest BCUT2D eigenvalue weighted by Gasteiger charge is -2.18. The molecule has 0 unspecified atom stereocenters. The van der Waals surface area contributed by atoms with Gasteiger partial charge in [0.25, 0.3) is 5.56 Å². The average Bonchev–Trinajstić information content (AvgIpc) is 2.92. The third-order valence-corrected chi connectivity index (χ3v) is 3.80. The smallest absolute Gasteiger partial charge is 0.276 e. The highest BCUT2D eigenvalue weighted by Crippen LogP contribution is 2.27. The number of benzene rings is 1. The van der Waals surface area contributed by atoms with Crippen LogP contribution in [0.2, 0.25) is 0 Å². The standard InChI is InChI=1S/C17H16N4O/c1-11(2)15-12(3)20(13-8-6-5-7-9-13)16-14(18-4)10-19-21(16)17(15)22/h5-11H,1-3H3. The molecule has 0 N–H and O–H groups in total. The van der Waals surface area contributed by atoms with Crippen molar-refractivity contribution in [2.45, 2.75) is 26.7 Å². The Morgan fingerprint density at radius 3 is 2.50 bits per heavy atom. The van der Waals surface area contributed by atoms with E-state index < -0.39 is 0 Å². The molecule has 0 atom stereocenters. The quantitative estimate of drug-likeness (QED) is 0.679. The Morgan fingerprint density at radius 2 is 1.91 bits per heavy atom. The Hall–Kier alpha value is -2.87. The minimum Gasteiger partial charge on any atom is -0.307 e. The summed E-state index contributed by atoms with van der Waals surface area (Å²) < 4.78 is 3.28. The van der Waals surface area contributed by atoms with Crippen molar-refractivity contribution >= 4 is 11.3 Å². The SMILES string of the molecule is [C-]#[N+]c1cnn2c(=O)c(C(C)C)c(C)n(-c3ccccc3)c12. The van der Waals surface area contributed by atoms with E-state index in [-0.39, 0.29) is 11.5 Å². The van der Waals surface area contributed by atoms with Crippen molar-refractivity contribution in [3.63, 3.8) is 0 Å². The third kappa shape index (κ3) is 1.92. The normalized spacial score (nSPS) is 11.0. The van der Waals surface area contributed by atoms with E-state index in [0.717, 1.165) is 16.9 Å². The minimum absolute atomic E-state index is 0.0763. The number of para-hydroxylation sites is 1. The van der Waals surface area contributed by atoms with Crippen molar-refractivity contribution < 1.29 is 0 Å². The largest absolute Gasteiger partial charge is 0.307 e. The van der Waals surface area contributed by atoms with E-state index in [1.165, 1.54) is 10.7 Å². The Kier molecular flexibility index (Phi) is 3.30. The molecule has 0 aliphatic rings. The van der Waals surface area contributed by atoms with Gasteiger partial charge in [-0.3, -0.25) is 4.79 Å². The van der Waals surface area contributed by atoms with Gasteiger partial charge in [0.2, 0.25) is 5.69 Å². The van der Waals surface area contributed by atoms with Crippen LogP contribution < -0.4 is 5.56 Å². The van der Waals surface area contributed by atoms with Crippen LogP contribution in [-0.4, -0.2) is 14.2 Å². The summed E-state index contributed by atoms with van der Waals surface area (Å²) in [6.45, 7) is 13.2. The van der Waals surface area contributed by atoms with Crippen molar-refractivity contribution in [2.75, 3.05) is 0 Å². The maximum atomic E-state index is 12.7. The second-order valence-corrected chi connectivity index (χ2v) is 5.51. The van der Waals surface area contributed by atoms with Crippen molar-refractivity contribution in [3.05, 3.63) is 69.6 Å². The molecule has 0 saturated heterocycles. The molecule has 0 radical (unpaired) electrons. The molecule has 1 aromatic carbocycles. The molecule has 0 aliphatic heterocycles. The van der Waals surface area contributed by atoms with Crippen LogP contribution in [0.15, 0.2) is 41.3 Å². The van der Waals surface area contributed by atoms with Gasteiger partial charge in [-0.2, -0.15) is 9.61 Å². The molecule has 2 heterocycles. The number of nitrogens with zero attached hydrogens (tertiary/aromatic N) is 4. The summed E-state index contributed by atoms with van der Waals surface area (Å²) in [5, 5.41) is 4.13. The summed E-state index contributed by atoms with van der Waals surface area (Å²) >= 11 is 0. The topological polar surface area (TPSA) is 43.7 Å². The second kappa shape index (κ2) is 5.15. The van der Waals surface area contributed by atoms with Crippen LogP contribution in [0.25, 0.3) is 16.2 Å². The molecule has 3 rings (SSSR count). The van der Waals surface area contributed by atoms with Gasteiger partial charge in [-0.1, -0.05) is 32.0 Å². The van der Waals surface area contributed by atoms with Gasteiger partial charge in [0.1, 0.15) is 5.65 Å². The summed E-state index contributed by atoms with van der Waals surface area (Å²) in [5.74, 6) is 0.0763. The number of hydrogen-bond acceptors (Lipinski definition) is 2. The zero-order valence-corrected chi connectivity index (χ0v) is 12.7. The highest BCUT2D eigenvalue weighted by atomic mass is 16.1. The lowest BCUT2D eigenvalue weighted by atomic mass is 10.0. The Balaban J connectivity index is 2.56. The molecule has 0 spiro atoms. The third-order valence-electron chi connectivity index (χ3n) is 3.80. The van der Waals surface area contributed by atoms with Gasteiger partial charge < -0.3 is 4.57 Å². The van der Waals surface area contributed by atoms with Crippen molar-refractivity contribution in [1.29, 1.82) is 0 Å². The fourth-order valence-electron chi connectivity index (χ4n) is 2.88. The number of fused-ring (bicyclic) bond motifs is 1. The molecule has 0 aliphatic carbocycles. The van der Waals surface area contributed by atoms with Crippen LogP contribution in [0, 0.1) is 13.5 Å². The zero-order chi connectivity index (χ0) is 15.9. The van der Waals surface area contributed by atoms with Crippen LogP contribution in [0.1, 0.15) is 31.0 Å². The summed E-state index contributed by atoms with van der Waals surface area (Å²) in [6.07, 6.45) is 1.45. The van der Waals surface area contributed by atoms with Crippen LogP contribution in [0.3, 0.4) is 0 Å². The predicted molar refractivity (Wildman–Crippen MR) is 85.9 cm³/mol. The van der Waals surface area contributed by atoms with Gasteiger partial charge in [0.05, 0.1) is 12.8 Å². The molecule has 0 bridgehead atoms. The second-order valence-electron chi connectivity index (χ2n) is 5.51. The van der Waals surface area contributed by atoms with E-state index in [9.17, 15) is 4.79 Å². The first-order chi connectivity index (χ1) is 10.6. The number of aromatic nitrogens is 3. The maximum absolute atomic E-state index is 12.7. The van der Waals surface area contributed by atoms with Gasteiger partial charge in [-0.15, -0.1) is 0 Å². The van der Waals surface area contributed by atoms with E-state index in [1.54, 1.807) is 0 Å². The maximum Gasteiger partial charge on any atom is 0.276 e. The summed E-state index contributed by atoms with van der Waals surface area (Å²) in [6, 6.07) is 9.73. The van der Waals surface area contributed by atoms with Gasteiger partial charge in [0.15, 0.2) is 0 Å². The molecule has 22 heavy (non-hydrogen) atoms. The van der Waals surface area contributed by atoms with Crippen LogP contribution >= 0.6 is 0 Å². The molecule has 5 heteroatoms. The van der Waals surface area contributed by atoms with E-state index in [0.29, 0.717) is 11.3 Å². The first-order valence-electron chi connectivity index (χ1n) is 7.12. The van der Waals surface area contributed by atoms with Gasteiger partial charge in [0, 0.05) is 16.9 Å². The van der Waals surface area contributed by atoms with E-state index in [4.69, 9.17) is 6.57 Å². The molecular formula is C17H16N4O. The summed E-state index contributed by atoms with van der Waals surface area (Å²) in [7, 11) is 0. The first kappa shape index (κ1) is 14.1. The first-order valence-corrected chi connectivity index (χ1v) is 7.12. The summed E-state index contributed by atoms with van der Waals surface area (Å²) in [4.78, 5) is 16.2. The van der Waals surface area contributed by atoms with E-state index >= 15 is 0 Å². The Labute approximate surface area is 128 Å². The van der Waals surface area contributed by atoms with Crippen molar-refractivity contribution in [1.82, 2.24) is 14.2 Å². The van der Waals surface area contributed by atoms with Crippen molar-refractivity contribution in [2.24, 2.45) is 0 Å². The molecule has 2 aromatic heterocycles. The molecule has 0 fully saturated rings. The molecule has 0 saturated carbocycles.